The van der Waals surface area contributed by atoms with E-state index in [9.17, 15) is 5.11 Å². The average Bonchev–Trinajstić information content (AvgIpc) is 2.34. The van der Waals surface area contributed by atoms with Crippen LogP contribution in [0.15, 0.2) is 0 Å². The van der Waals surface area contributed by atoms with Gasteiger partial charge in [-0.15, -0.1) is 0 Å². The quantitative estimate of drug-likeness (QED) is 0.730. The molecule has 1 nitrogen and oxygen atoms in total. The molecule has 0 aromatic rings. The zero-order valence-electron chi connectivity index (χ0n) is 13.2. The van der Waals surface area contributed by atoms with Gasteiger partial charge in [-0.05, 0) is 55.3 Å². The molecule has 1 heteroatoms. The van der Waals surface area contributed by atoms with Crippen LogP contribution in [-0.4, -0.2) is 11.2 Å². The summed E-state index contributed by atoms with van der Waals surface area (Å²) in [6, 6.07) is 0. The van der Waals surface area contributed by atoms with Crippen LogP contribution in [0.1, 0.15) is 79.6 Å². The second kappa shape index (κ2) is 6.93. The predicted octanol–water partition coefficient (Wildman–Crippen LogP) is 5.03. The molecular weight excluding hydrogens is 220 g/mol. The van der Waals surface area contributed by atoms with Crippen LogP contribution >= 0.6 is 0 Å². The number of rotatable bonds is 5. The van der Waals surface area contributed by atoms with Gasteiger partial charge >= 0.3 is 0 Å². The van der Waals surface area contributed by atoms with Crippen LogP contribution < -0.4 is 0 Å². The van der Waals surface area contributed by atoms with E-state index in [4.69, 9.17) is 0 Å². The highest BCUT2D eigenvalue weighted by atomic mass is 16.3. The van der Waals surface area contributed by atoms with Crippen molar-refractivity contribution in [3.63, 3.8) is 0 Å². The molecule has 1 aliphatic rings. The van der Waals surface area contributed by atoms with Crippen LogP contribution in [0.4, 0.5) is 0 Å². The van der Waals surface area contributed by atoms with Crippen molar-refractivity contribution in [2.24, 2.45) is 23.2 Å². The second-order valence-electron chi connectivity index (χ2n) is 7.46. The third-order valence-electron chi connectivity index (χ3n) is 5.27. The SMILES string of the molecule is CCC(CC)CC(O)C1CCC(C(C)(C)C)CC1. The fourth-order valence-electron chi connectivity index (χ4n) is 3.53. The molecule has 1 saturated carbocycles. The monoisotopic (exact) mass is 254 g/mol. The Kier molecular flexibility index (Phi) is 6.17. The summed E-state index contributed by atoms with van der Waals surface area (Å²) in [5, 5.41) is 10.4. The number of aliphatic hydroxyl groups excluding tert-OH is 1. The van der Waals surface area contributed by atoms with Gasteiger partial charge in [0.05, 0.1) is 6.10 Å². The van der Waals surface area contributed by atoms with Crippen LogP contribution in [-0.2, 0) is 0 Å². The van der Waals surface area contributed by atoms with Crippen molar-refractivity contribution in [1.29, 1.82) is 0 Å². The first-order valence-electron chi connectivity index (χ1n) is 8.06. The van der Waals surface area contributed by atoms with Crippen molar-refractivity contribution in [3.05, 3.63) is 0 Å². The summed E-state index contributed by atoms with van der Waals surface area (Å²) in [5.41, 5.74) is 0.450. The molecule has 0 aromatic heterocycles. The van der Waals surface area contributed by atoms with E-state index in [-0.39, 0.29) is 6.10 Å². The van der Waals surface area contributed by atoms with Gasteiger partial charge in [-0.2, -0.15) is 0 Å². The number of hydrogen-bond donors (Lipinski definition) is 1. The zero-order chi connectivity index (χ0) is 13.8. The Hall–Kier alpha value is -0.0400. The Bertz CT molecular complexity index is 216. The van der Waals surface area contributed by atoms with Gasteiger partial charge in [0.1, 0.15) is 0 Å². The van der Waals surface area contributed by atoms with Gasteiger partial charge in [-0.1, -0.05) is 47.5 Å². The summed E-state index contributed by atoms with van der Waals surface area (Å²) in [5.74, 6) is 2.15. The Balaban J connectivity index is 2.38. The van der Waals surface area contributed by atoms with Crippen LogP contribution in [0.2, 0.25) is 0 Å². The normalized spacial score (nSPS) is 27.5. The molecule has 0 saturated heterocycles. The molecule has 0 aromatic carbocycles. The Morgan fingerprint density at radius 1 is 1.00 bits per heavy atom. The van der Waals surface area contributed by atoms with Crippen molar-refractivity contribution in [1.82, 2.24) is 0 Å². The molecule has 1 atom stereocenters. The van der Waals surface area contributed by atoms with Gasteiger partial charge < -0.3 is 5.11 Å². The molecule has 108 valence electrons. The second-order valence-corrected chi connectivity index (χ2v) is 7.46. The van der Waals surface area contributed by atoms with Gasteiger partial charge in [0.25, 0.3) is 0 Å². The summed E-state index contributed by atoms with van der Waals surface area (Å²) in [6.45, 7) is 11.6. The van der Waals surface area contributed by atoms with Gasteiger partial charge in [-0.3, -0.25) is 0 Å². The highest BCUT2D eigenvalue weighted by Crippen LogP contribution is 2.41. The van der Waals surface area contributed by atoms with E-state index in [0.717, 1.165) is 18.3 Å². The van der Waals surface area contributed by atoms with Crippen LogP contribution in [0.3, 0.4) is 0 Å². The zero-order valence-corrected chi connectivity index (χ0v) is 13.2. The van der Waals surface area contributed by atoms with E-state index < -0.39 is 0 Å². The molecule has 0 spiro atoms. The Labute approximate surface area is 114 Å². The third-order valence-corrected chi connectivity index (χ3v) is 5.27. The Morgan fingerprint density at radius 3 is 1.89 bits per heavy atom. The first-order chi connectivity index (χ1) is 8.38. The average molecular weight is 254 g/mol. The fourth-order valence-corrected chi connectivity index (χ4v) is 3.53. The van der Waals surface area contributed by atoms with Crippen molar-refractivity contribution < 1.29 is 5.11 Å². The van der Waals surface area contributed by atoms with E-state index >= 15 is 0 Å². The lowest BCUT2D eigenvalue weighted by Crippen LogP contribution is -2.31. The third kappa shape index (κ3) is 4.57. The van der Waals surface area contributed by atoms with E-state index in [1.165, 1.54) is 38.5 Å². The number of hydrogen-bond acceptors (Lipinski definition) is 1. The summed E-state index contributed by atoms with van der Waals surface area (Å²) >= 11 is 0. The number of aliphatic hydroxyl groups is 1. The smallest absolute Gasteiger partial charge is 0.0571 e. The topological polar surface area (TPSA) is 20.2 Å². The molecular formula is C17H34O. The van der Waals surface area contributed by atoms with Crippen molar-refractivity contribution in [3.8, 4) is 0 Å². The molecule has 0 heterocycles. The van der Waals surface area contributed by atoms with Gasteiger partial charge in [0, 0.05) is 0 Å². The fraction of sp³-hybridized carbons (Fsp3) is 1.00. The van der Waals surface area contributed by atoms with Crippen LogP contribution in [0, 0.1) is 23.2 Å². The lowest BCUT2D eigenvalue weighted by molar-refractivity contribution is 0.0367. The minimum atomic E-state index is -0.0455. The summed E-state index contributed by atoms with van der Waals surface area (Å²) < 4.78 is 0. The minimum Gasteiger partial charge on any atom is -0.393 e. The van der Waals surface area contributed by atoms with E-state index in [1.54, 1.807) is 0 Å². The molecule has 1 fully saturated rings. The van der Waals surface area contributed by atoms with Gasteiger partial charge in [-0.25, -0.2) is 0 Å². The van der Waals surface area contributed by atoms with Crippen LogP contribution in [0.25, 0.3) is 0 Å². The lowest BCUT2D eigenvalue weighted by atomic mass is 9.68. The molecule has 18 heavy (non-hydrogen) atoms. The lowest BCUT2D eigenvalue weighted by Gasteiger charge is -2.38. The molecule has 0 bridgehead atoms. The largest absolute Gasteiger partial charge is 0.393 e. The maximum Gasteiger partial charge on any atom is 0.0571 e. The summed E-state index contributed by atoms with van der Waals surface area (Å²) in [7, 11) is 0. The van der Waals surface area contributed by atoms with E-state index in [0.29, 0.717) is 11.3 Å². The molecule has 1 aliphatic carbocycles. The molecule has 1 rings (SSSR count). The van der Waals surface area contributed by atoms with Crippen LogP contribution in [0.5, 0.6) is 0 Å². The maximum absolute atomic E-state index is 10.4. The summed E-state index contributed by atoms with van der Waals surface area (Å²) in [6.07, 6.45) is 8.51. The predicted molar refractivity (Wildman–Crippen MR) is 79.6 cm³/mol. The first kappa shape index (κ1) is 16.0. The Morgan fingerprint density at radius 2 is 1.50 bits per heavy atom. The van der Waals surface area contributed by atoms with Crippen molar-refractivity contribution in [2.75, 3.05) is 0 Å². The highest BCUT2D eigenvalue weighted by Gasteiger charge is 2.32. The maximum atomic E-state index is 10.4. The molecule has 0 amide bonds. The standard InChI is InChI=1S/C17H34O/c1-6-13(7-2)12-16(18)14-8-10-15(11-9-14)17(3,4)5/h13-16,18H,6-12H2,1-5H3. The van der Waals surface area contributed by atoms with Gasteiger partial charge in [0.15, 0.2) is 0 Å². The van der Waals surface area contributed by atoms with E-state index in [2.05, 4.69) is 34.6 Å². The molecule has 1 N–H and O–H groups in total. The minimum absolute atomic E-state index is 0.0455. The highest BCUT2D eigenvalue weighted by molar-refractivity contribution is 4.83. The van der Waals surface area contributed by atoms with Crippen molar-refractivity contribution in [2.45, 2.75) is 85.7 Å². The van der Waals surface area contributed by atoms with E-state index in [1.807, 2.05) is 0 Å². The van der Waals surface area contributed by atoms with Crippen molar-refractivity contribution >= 4 is 0 Å². The molecule has 0 aliphatic heterocycles. The summed E-state index contributed by atoms with van der Waals surface area (Å²) in [4.78, 5) is 0. The molecule has 1 unspecified atom stereocenters. The molecule has 0 radical (unpaired) electrons. The first-order valence-corrected chi connectivity index (χ1v) is 8.06. The van der Waals surface area contributed by atoms with Gasteiger partial charge in [0.2, 0.25) is 0 Å².